The Morgan fingerprint density at radius 3 is 2.90 bits per heavy atom. The number of aromatic nitrogens is 2. The highest BCUT2D eigenvalue weighted by Gasteiger charge is 2.29. The van der Waals surface area contributed by atoms with Crippen LogP contribution in [0.5, 0.6) is 0 Å². The van der Waals surface area contributed by atoms with Gasteiger partial charge in [-0.1, -0.05) is 0 Å². The molecule has 0 aliphatic carbocycles. The smallest absolute Gasteiger partial charge is 0.435 e. The van der Waals surface area contributed by atoms with E-state index in [9.17, 15) is 4.79 Å². The first-order valence-corrected chi connectivity index (χ1v) is 6.24. The van der Waals surface area contributed by atoms with Gasteiger partial charge in [-0.25, -0.2) is 15.3 Å². The molecule has 0 radical (unpaired) electrons. The Bertz CT molecular complexity index is 507. The minimum Gasteiger partial charge on any atom is -0.435 e. The Balaban J connectivity index is 2.13. The predicted molar refractivity (Wildman–Crippen MR) is 70.2 cm³/mol. The van der Waals surface area contributed by atoms with Crippen LogP contribution in [0.4, 0.5) is 4.79 Å². The lowest BCUT2D eigenvalue weighted by atomic mass is 10.2. The van der Waals surface area contributed by atoms with Gasteiger partial charge in [-0.3, -0.25) is 4.68 Å². The number of nitrogens with one attached hydrogen (secondary N) is 2. The van der Waals surface area contributed by atoms with E-state index in [0.717, 1.165) is 11.3 Å². The molecule has 20 heavy (non-hydrogen) atoms. The van der Waals surface area contributed by atoms with E-state index < -0.39 is 12.4 Å². The first-order valence-electron chi connectivity index (χ1n) is 6.24. The summed E-state index contributed by atoms with van der Waals surface area (Å²) in [4.78, 5) is 11.4. The number of hydrogen-bond donors (Lipinski definition) is 2. The second-order valence-electron chi connectivity index (χ2n) is 4.23. The van der Waals surface area contributed by atoms with Crippen LogP contribution in [0.3, 0.4) is 0 Å². The summed E-state index contributed by atoms with van der Waals surface area (Å²) in [5, 5.41) is 9.89. The van der Waals surface area contributed by atoms with Crippen LogP contribution in [0.25, 0.3) is 0 Å². The van der Waals surface area contributed by atoms with E-state index in [1.165, 1.54) is 0 Å². The standard InChI is InChI=1S/C11H18N6O3/c1-5-19-11(18)20-8(3)17-10(13-14-15-17)9-7(2)6-12-16(9)4/h6,8,14-15H,5H2,1-4H3. The van der Waals surface area contributed by atoms with E-state index in [-0.39, 0.29) is 6.61 Å². The molecule has 1 unspecified atom stereocenters. The largest absolute Gasteiger partial charge is 0.510 e. The van der Waals surface area contributed by atoms with Crippen LogP contribution in [-0.4, -0.2) is 39.6 Å². The van der Waals surface area contributed by atoms with Crippen LogP contribution >= 0.6 is 0 Å². The van der Waals surface area contributed by atoms with Crippen LogP contribution in [0, 0.1) is 6.92 Å². The SMILES string of the molecule is CCOC(=O)OC(C)N1NNN=C1c1c(C)cnn1C. The van der Waals surface area contributed by atoms with Crippen molar-refractivity contribution in [2.45, 2.75) is 27.0 Å². The average Bonchev–Trinajstić information content (AvgIpc) is 2.96. The van der Waals surface area contributed by atoms with Gasteiger partial charge >= 0.3 is 6.16 Å². The van der Waals surface area contributed by atoms with E-state index in [4.69, 9.17) is 9.47 Å². The van der Waals surface area contributed by atoms with E-state index in [1.807, 2.05) is 14.0 Å². The van der Waals surface area contributed by atoms with Crippen molar-refractivity contribution in [3.05, 3.63) is 17.5 Å². The Morgan fingerprint density at radius 1 is 1.55 bits per heavy atom. The topological polar surface area (TPSA) is 93.0 Å². The third-order valence-electron chi connectivity index (χ3n) is 2.79. The molecule has 0 saturated heterocycles. The molecular formula is C11H18N6O3. The Morgan fingerprint density at radius 2 is 2.30 bits per heavy atom. The molecule has 1 aliphatic heterocycles. The monoisotopic (exact) mass is 282 g/mol. The lowest BCUT2D eigenvalue weighted by molar-refractivity contribution is -0.0271. The molecule has 9 heteroatoms. The minimum absolute atomic E-state index is 0.263. The number of nitrogens with zero attached hydrogens (tertiary/aromatic N) is 4. The van der Waals surface area contributed by atoms with Crippen LogP contribution < -0.4 is 11.1 Å². The molecule has 110 valence electrons. The maximum absolute atomic E-state index is 11.4. The number of ether oxygens (including phenoxy) is 2. The fourth-order valence-corrected chi connectivity index (χ4v) is 1.88. The second kappa shape index (κ2) is 5.78. The number of hydrogen-bond acceptors (Lipinski definition) is 8. The summed E-state index contributed by atoms with van der Waals surface area (Å²) in [6.07, 6.45) is 0.414. The Kier molecular flexibility index (Phi) is 4.08. The van der Waals surface area contributed by atoms with Crippen molar-refractivity contribution < 1.29 is 14.3 Å². The number of carbonyl (C=O) groups excluding carboxylic acids is 1. The number of rotatable bonds is 4. The van der Waals surface area contributed by atoms with E-state index in [1.54, 1.807) is 29.7 Å². The van der Waals surface area contributed by atoms with E-state index in [0.29, 0.717) is 5.84 Å². The van der Waals surface area contributed by atoms with Crippen molar-refractivity contribution in [1.82, 2.24) is 25.9 Å². The van der Waals surface area contributed by atoms with Crippen molar-refractivity contribution in [3.8, 4) is 0 Å². The van der Waals surface area contributed by atoms with Gasteiger partial charge in [-0.15, -0.1) is 10.6 Å². The quantitative estimate of drug-likeness (QED) is 0.764. The Labute approximate surface area is 116 Å². The van der Waals surface area contributed by atoms with Crippen molar-refractivity contribution in [2.75, 3.05) is 6.61 Å². The normalized spacial score (nSPS) is 15.6. The molecule has 9 nitrogen and oxygen atoms in total. The van der Waals surface area contributed by atoms with E-state index in [2.05, 4.69) is 21.3 Å². The molecule has 2 heterocycles. The summed E-state index contributed by atoms with van der Waals surface area (Å²) in [5.74, 6) is 0.583. The third-order valence-corrected chi connectivity index (χ3v) is 2.79. The van der Waals surface area contributed by atoms with Crippen molar-refractivity contribution in [3.63, 3.8) is 0 Å². The summed E-state index contributed by atoms with van der Waals surface area (Å²) in [7, 11) is 1.82. The molecule has 2 N–H and O–H groups in total. The van der Waals surface area contributed by atoms with Gasteiger partial charge in [0.2, 0.25) is 0 Å². The lowest BCUT2D eigenvalue weighted by Crippen LogP contribution is -2.49. The first-order chi connectivity index (χ1) is 9.54. The van der Waals surface area contributed by atoms with Crippen LogP contribution in [0.2, 0.25) is 0 Å². The zero-order chi connectivity index (χ0) is 14.7. The molecule has 1 aromatic heterocycles. The molecule has 0 spiro atoms. The number of aryl methyl sites for hydroxylation is 2. The second-order valence-corrected chi connectivity index (χ2v) is 4.23. The van der Waals surface area contributed by atoms with Crippen LogP contribution in [0.15, 0.2) is 11.3 Å². The van der Waals surface area contributed by atoms with Crippen LogP contribution in [-0.2, 0) is 16.5 Å². The summed E-state index contributed by atoms with van der Waals surface area (Å²) < 4.78 is 11.6. The van der Waals surface area contributed by atoms with Gasteiger partial charge in [0.05, 0.1) is 12.8 Å². The lowest BCUT2D eigenvalue weighted by Gasteiger charge is -2.25. The summed E-state index contributed by atoms with van der Waals surface area (Å²) in [6.45, 7) is 5.61. The molecule has 1 aromatic rings. The molecule has 1 aliphatic rings. The zero-order valence-corrected chi connectivity index (χ0v) is 11.9. The molecule has 2 rings (SSSR count). The van der Waals surface area contributed by atoms with Gasteiger partial charge in [0.1, 0.15) is 5.69 Å². The van der Waals surface area contributed by atoms with Gasteiger partial charge in [0.25, 0.3) is 0 Å². The third kappa shape index (κ3) is 2.67. The van der Waals surface area contributed by atoms with Crippen molar-refractivity contribution in [2.24, 2.45) is 12.1 Å². The van der Waals surface area contributed by atoms with Crippen molar-refractivity contribution in [1.29, 1.82) is 0 Å². The number of hydrazine groups is 2. The molecule has 0 amide bonds. The van der Waals surface area contributed by atoms with Gasteiger partial charge in [-0.2, -0.15) is 5.10 Å². The maximum Gasteiger partial charge on any atom is 0.510 e. The summed E-state index contributed by atoms with van der Waals surface area (Å²) >= 11 is 0. The molecule has 0 bridgehead atoms. The van der Waals surface area contributed by atoms with Gasteiger partial charge in [0.15, 0.2) is 12.1 Å². The highest BCUT2D eigenvalue weighted by Crippen LogP contribution is 2.14. The number of hydrazone groups is 1. The minimum atomic E-state index is -0.727. The first kappa shape index (κ1) is 14.1. The summed E-state index contributed by atoms with van der Waals surface area (Å²) in [6, 6.07) is 0. The average molecular weight is 282 g/mol. The van der Waals surface area contributed by atoms with Crippen LogP contribution in [0.1, 0.15) is 25.1 Å². The van der Waals surface area contributed by atoms with Gasteiger partial charge in [-0.05, 0) is 26.3 Å². The molecule has 1 atom stereocenters. The predicted octanol–water partition coefficient (Wildman–Crippen LogP) is 0.234. The van der Waals surface area contributed by atoms with Gasteiger partial charge < -0.3 is 9.47 Å². The molecular weight excluding hydrogens is 264 g/mol. The maximum atomic E-state index is 11.4. The fraction of sp³-hybridized carbons (Fsp3) is 0.545. The summed E-state index contributed by atoms with van der Waals surface area (Å²) in [5.41, 5.74) is 7.23. The highest BCUT2D eigenvalue weighted by atomic mass is 16.7. The zero-order valence-electron chi connectivity index (χ0n) is 11.9. The number of amidine groups is 1. The van der Waals surface area contributed by atoms with E-state index >= 15 is 0 Å². The fourth-order valence-electron chi connectivity index (χ4n) is 1.88. The number of carbonyl (C=O) groups is 1. The molecule has 0 saturated carbocycles. The Hall–Kier alpha value is -2.29. The molecule has 0 aromatic carbocycles. The highest BCUT2D eigenvalue weighted by molar-refractivity contribution is 5.98. The van der Waals surface area contributed by atoms with Crippen molar-refractivity contribution >= 4 is 12.0 Å². The van der Waals surface area contributed by atoms with Gasteiger partial charge in [0, 0.05) is 7.05 Å². The molecule has 0 fully saturated rings.